The largest absolute Gasteiger partial charge is 0.334 e. The van der Waals surface area contributed by atoms with Crippen LogP contribution >= 0.6 is 23.2 Å². The predicted molar refractivity (Wildman–Crippen MR) is 76.2 cm³/mol. The van der Waals surface area contributed by atoms with Gasteiger partial charge in [0.05, 0.1) is 16.0 Å². The van der Waals surface area contributed by atoms with Gasteiger partial charge in [-0.15, -0.1) is 0 Å². The van der Waals surface area contributed by atoms with E-state index in [0.29, 0.717) is 27.5 Å². The quantitative estimate of drug-likeness (QED) is 0.782. The third kappa shape index (κ3) is 2.33. The van der Waals surface area contributed by atoms with Crippen LogP contribution in [0.2, 0.25) is 10.0 Å². The van der Waals surface area contributed by atoms with Crippen molar-refractivity contribution in [1.29, 1.82) is 0 Å². The molecule has 3 aromatic rings. The summed E-state index contributed by atoms with van der Waals surface area (Å²) in [6.07, 6.45) is 1.58. The molecule has 7 heteroatoms. The summed E-state index contributed by atoms with van der Waals surface area (Å²) >= 11 is 11.8. The van der Waals surface area contributed by atoms with E-state index in [9.17, 15) is 4.79 Å². The molecule has 0 aliphatic heterocycles. The van der Waals surface area contributed by atoms with Crippen LogP contribution in [0, 0.1) is 0 Å². The van der Waals surface area contributed by atoms with Gasteiger partial charge in [-0.3, -0.25) is 4.79 Å². The van der Waals surface area contributed by atoms with Gasteiger partial charge in [-0.1, -0.05) is 28.4 Å². The van der Waals surface area contributed by atoms with Gasteiger partial charge in [-0.05, 0) is 30.3 Å². The number of hydrogen-bond acceptors (Lipinski definition) is 4. The molecule has 0 atom stereocenters. The van der Waals surface area contributed by atoms with Gasteiger partial charge in [-0.25, -0.2) is 4.98 Å². The van der Waals surface area contributed by atoms with Crippen molar-refractivity contribution < 1.29 is 9.32 Å². The molecular weight excluding hydrogens is 301 g/mol. The molecule has 0 spiro atoms. The number of hydrogen-bond donors (Lipinski definition) is 1. The minimum Gasteiger partial charge on any atom is -0.334 e. The Balaban J connectivity index is 1.92. The zero-order valence-electron chi connectivity index (χ0n) is 9.93. The second-order valence-electron chi connectivity index (χ2n) is 3.97. The minimum absolute atomic E-state index is 0.265. The Hall–Kier alpha value is -2.11. The number of nitrogens with zero attached hydrogens (tertiary/aromatic N) is 2. The smallest absolute Gasteiger partial charge is 0.259 e. The Morgan fingerprint density at radius 2 is 2.10 bits per heavy atom. The molecule has 1 amide bonds. The number of carbonyl (C=O) groups excluding carboxylic acids is 1. The van der Waals surface area contributed by atoms with Gasteiger partial charge in [0.2, 0.25) is 0 Å². The molecule has 0 aliphatic carbocycles. The Bertz CT molecular complexity index is 801. The number of amides is 1. The highest BCUT2D eigenvalue weighted by molar-refractivity contribution is 6.37. The molecule has 0 radical (unpaired) electrons. The maximum absolute atomic E-state index is 12.1. The van der Waals surface area contributed by atoms with E-state index in [1.165, 1.54) is 6.07 Å². The van der Waals surface area contributed by atoms with Gasteiger partial charge in [0, 0.05) is 11.2 Å². The second-order valence-corrected chi connectivity index (χ2v) is 4.81. The lowest BCUT2D eigenvalue weighted by Gasteiger charge is -2.04. The van der Waals surface area contributed by atoms with Crippen LogP contribution in [0.25, 0.3) is 11.1 Å². The molecule has 0 unspecified atom stereocenters. The molecule has 2 aromatic heterocycles. The van der Waals surface area contributed by atoms with E-state index in [1.807, 2.05) is 0 Å². The topological polar surface area (TPSA) is 68.0 Å². The number of rotatable bonds is 2. The summed E-state index contributed by atoms with van der Waals surface area (Å²) in [4.78, 5) is 16.1. The van der Waals surface area contributed by atoms with Crippen molar-refractivity contribution in [2.75, 3.05) is 5.32 Å². The van der Waals surface area contributed by atoms with E-state index in [4.69, 9.17) is 27.7 Å². The van der Waals surface area contributed by atoms with Crippen LogP contribution in [0.4, 0.5) is 5.82 Å². The molecule has 20 heavy (non-hydrogen) atoms. The van der Waals surface area contributed by atoms with Gasteiger partial charge in [0.15, 0.2) is 5.82 Å². The van der Waals surface area contributed by atoms with Gasteiger partial charge < -0.3 is 9.84 Å². The van der Waals surface area contributed by atoms with Crippen molar-refractivity contribution in [2.45, 2.75) is 0 Å². The van der Waals surface area contributed by atoms with Crippen molar-refractivity contribution in [3.63, 3.8) is 0 Å². The number of anilines is 1. The summed E-state index contributed by atoms with van der Waals surface area (Å²) in [5.41, 5.74) is 0.654. The molecule has 2 heterocycles. The van der Waals surface area contributed by atoms with Gasteiger partial charge in [-0.2, -0.15) is 0 Å². The highest BCUT2D eigenvalue weighted by atomic mass is 35.5. The first-order valence-corrected chi connectivity index (χ1v) is 6.37. The molecule has 0 aliphatic rings. The molecular formula is C13H7Cl2N3O2. The lowest BCUT2D eigenvalue weighted by atomic mass is 10.2. The van der Waals surface area contributed by atoms with E-state index in [0.717, 1.165) is 0 Å². The normalized spacial score (nSPS) is 10.7. The van der Waals surface area contributed by atoms with E-state index in [2.05, 4.69) is 15.5 Å². The minimum atomic E-state index is -0.397. The first kappa shape index (κ1) is 12.9. The molecule has 0 saturated carbocycles. The van der Waals surface area contributed by atoms with E-state index in [-0.39, 0.29) is 5.02 Å². The Labute approximate surface area is 123 Å². The number of aromatic nitrogens is 2. The van der Waals surface area contributed by atoms with E-state index in [1.54, 1.807) is 30.5 Å². The molecule has 0 fully saturated rings. The summed E-state index contributed by atoms with van der Waals surface area (Å²) in [5, 5.41) is 7.74. The van der Waals surface area contributed by atoms with Crippen LogP contribution in [-0.4, -0.2) is 16.0 Å². The molecule has 0 bridgehead atoms. The fourth-order valence-electron chi connectivity index (χ4n) is 1.72. The molecule has 3 rings (SSSR count). The molecule has 0 saturated heterocycles. The Morgan fingerprint density at radius 3 is 2.90 bits per heavy atom. The number of benzene rings is 1. The summed E-state index contributed by atoms with van der Waals surface area (Å²) in [5.74, 6) is -0.102. The monoisotopic (exact) mass is 307 g/mol. The first-order chi connectivity index (χ1) is 9.65. The highest BCUT2D eigenvalue weighted by Gasteiger charge is 2.15. The van der Waals surface area contributed by atoms with E-state index >= 15 is 0 Å². The SMILES string of the molecule is O=C(Nc1noc2ncccc12)c1ccc(Cl)cc1Cl. The average Bonchev–Trinajstić information content (AvgIpc) is 2.82. The second kappa shape index (κ2) is 5.11. The number of pyridine rings is 1. The fourth-order valence-corrected chi connectivity index (χ4v) is 2.21. The fraction of sp³-hybridized carbons (Fsp3) is 0. The standard InChI is InChI=1S/C13H7Cl2N3O2/c14-7-3-4-8(10(15)6-7)12(19)17-11-9-2-1-5-16-13(9)20-18-11/h1-6H,(H,17,18,19). The third-order valence-electron chi connectivity index (χ3n) is 2.66. The highest BCUT2D eigenvalue weighted by Crippen LogP contribution is 2.24. The first-order valence-electron chi connectivity index (χ1n) is 5.62. The number of nitrogens with one attached hydrogen (secondary N) is 1. The van der Waals surface area contributed by atoms with Gasteiger partial charge in [0.1, 0.15) is 0 Å². The summed E-state index contributed by atoms with van der Waals surface area (Å²) < 4.78 is 5.01. The number of halogens is 2. The van der Waals surface area contributed by atoms with Crippen molar-refractivity contribution in [3.8, 4) is 0 Å². The maximum atomic E-state index is 12.1. The van der Waals surface area contributed by atoms with Crippen LogP contribution in [0.1, 0.15) is 10.4 Å². The van der Waals surface area contributed by atoms with E-state index < -0.39 is 5.91 Å². The number of fused-ring (bicyclic) bond motifs is 1. The average molecular weight is 308 g/mol. The third-order valence-corrected chi connectivity index (χ3v) is 3.21. The zero-order chi connectivity index (χ0) is 14.1. The zero-order valence-corrected chi connectivity index (χ0v) is 11.4. The summed E-state index contributed by atoms with van der Waals surface area (Å²) in [6.45, 7) is 0. The Kier molecular flexibility index (Phi) is 3.30. The molecule has 1 N–H and O–H groups in total. The predicted octanol–water partition coefficient (Wildman–Crippen LogP) is 3.78. The number of carbonyl (C=O) groups is 1. The van der Waals surface area contributed by atoms with Crippen molar-refractivity contribution in [2.24, 2.45) is 0 Å². The van der Waals surface area contributed by atoms with Gasteiger partial charge >= 0.3 is 0 Å². The maximum Gasteiger partial charge on any atom is 0.259 e. The van der Waals surface area contributed by atoms with Crippen LogP contribution in [0.3, 0.4) is 0 Å². The van der Waals surface area contributed by atoms with Crippen molar-refractivity contribution in [1.82, 2.24) is 10.1 Å². The van der Waals surface area contributed by atoms with Crippen LogP contribution in [0.5, 0.6) is 0 Å². The Morgan fingerprint density at radius 1 is 1.25 bits per heavy atom. The summed E-state index contributed by atoms with van der Waals surface area (Å²) in [7, 11) is 0. The summed E-state index contributed by atoms with van der Waals surface area (Å²) in [6, 6.07) is 8.11. The van der Waals surface area contributed by atoms with Crippen LogP contribution < -0.4 is 5.32 Å². The molecule has 5 nitrogen and oxygen atoms in total. The molecule has 1 aromatic carbocycles. The van der Waals surface area contributed by atoms with Gasteiger partial charge in [0.25, 0.3) is 11.6 Å². The lowest BCUT2D eigenvalue weighted by molar-refractivity contribution is 0.102. The lowest BCUT2D eigenvalue weighted by Crippen LogP contribution is -2.12. The van der Waals surface area contributed by atoms with Crippen LogP contribution in [0.15, 0.2) is 41.1 Å². The van der Waals surface area contributed by atoms with Crippen molar-refractivity contribution in [3.05, 3.63) is 52.1 Å². The van der Waals surface area contributed by atoms with Crippen LogP contribution in [-0.2, 0) is 0 Å². The van der Waals surface area contributed by atoms with Crippen molar-refractivity contribution >= 4 is 46.0 Å². The molecule has 100 valence electrons.